The second-order valence-electron chi connectivity index (χ2n) is 13.4. The van der Waals surface area contributed by atoms with Crippen molar-refractivity contribution in [3.8, 4) is 67.3 Å². The van der Waals surface area contributed by atoms with Gasteiger partial charge in [-0.05, 0) is 73.5 Å². The Labute approximate surface area is 287 Å². The summed E-state index contributed by atoms with van der Waals surface area (Å²) in [6, 6.07) is 60.6. The Morgan fingerprint density at radius 3 is 1.69 bits per heavy atom. The van der Waals surface area contributed by atoms with E-state index in [9.17, 15) is 0 Å². The first kappa shape index (κ1) is 29.1. The normalized spacial score (nSPS) is 12.9. The molecule has 9 rings (SSSR count). The topological polar surface area (TPSA) is 25.8 Å². The maximum atomic E-state index is 5.03. The molecule has 0 fully saturated rings. The van der Waals surface area contributed by atoms with Crippen molar-refractivity contribution in [2.24, 2.45) is 0 Å². The lowest BCUT2D eigenvalue weighted by atomic mass is 9.79. The summed E-state index contributed by atoms with van der Waals surface area (Å²) in [5.41, 5.74) is 15.2. The Bertz CT molecular complexity index is 2440. The lowest BCUT2D eigenvalue weighted by Gasteiger charge is -2.24. The van der Waals surface area contributed by atoms with Crippen molar-refractivity contribution >= 4 is 10.8 Å². The molecule has 1 aliphatic rings. The molecule has 2 heteroatoms. The summed E-state index contributed by atoms with van der Waals surface area (Å²) in [5, 5.41) is 2.61. The lowest BCUT2D eigenvalue weighted by Crippen LogP contribution is -2.15. The van der Waals surface area contributed by atoms with Crippen LogP contribution in [0.15, 0.2) is 170 Å². The predicted octanol–water partition coefficient (Wildman–Crippen LogP) is 12.3. The van der Waals surface area contributed by atoms with Gasteiger partial charge in [-0.25, -0.2) is 9.97 Å². The summed E-state index contributed by atoms with van der Waals surface area (Å²) < 4.78 is 0. The molecule has 1 aromatic heterocycles. The molecule has 49 heavy (non-hydrogen) atoms. The van der Waals surface area contributed by atoms with E-state index < -0.39 is 0 Å². The van der Waals surface area contributed by atoms with Crippen molar-refractivity contribution < 1.29 is 0 Å². The van der Waals surface area contributed by atoms with Gasteiger partial charge in [0.1, 0.15) is 0 Å². The summed E-state index contributed by atoms with van der Waals surface area (Å²) in [6.45, 7) is 4.74. The predicted molar refractivity (Wildman–Crippen MR) is 204 cm³/mol. The summed E-state index contributed by atoms with van der Waals surface area (Å²) in [4.78, 5) is 10.1. The number of benzene rings is 7. The van der Waals surface area contributed by atoms with Crippen LogP contribution in [0, 0.1) is 0 Å². The molecule has 0 unspecified atom stereocenters. The van der Waals surface area contributed by atoms with E-state index in [0.29, 0.717) is 5.82 Å². The number of hydrogen-bond acceptors (Lipinski definition) is 2. The van der Waals surface area contributed by atoms with E-state index in [1.165, 1.54) is 49.7 Å². The largest absolute Gasteiger partial charge is 0.228 e. The Morgan fingerprint density at radius 2 is 0.980 bits per heavy atom. The first-order valence-electron chi connectivity index (χ1n) is 16.9. The Morgan fingerprint density at radius 1 is 0.408 bits per heavy atom. The second kappa shape index (κ2) is 11.5. The van der Waals surface area contributed by atoms with Crippen LogP contribution in [-0.4, -0.2) is 9.97 Å². The number of rotatable bonds is 5. The van der Waals surface area contributed by atoms with E-state index in [4.69, 9.17) is 9.97 Å². The van der Waals surface area contributed by atoms with Crippen molar-refractivity contribution in [3.05, 3.63) is 181 Å². The van der Waals surface area contributed by atoms with Gasteiger partial charge in [-0.15, -0.1) is 0 Å². The Balaban J connectivity index is 1.13. The zero-order chi connectivity index (χ0) is 33.0. The lowest BCUT2D eigenvalue weighted by molar-refractivity contribution is 0.666. The zero-order valence-electron chi connectivity index (χ0n) is 27.6. The van der Waals surface area contributed by atoms with Crippen LogP contribution >= 0.6 is 0 Å². The van der Waals surface area contributed by atoms with Crippen LogP contribution < -0.4 is 0 Å². The van der Waals surface area contributed by atoms with Crippen molar-refractivity contribution in [2.45, 2.75) is 19.3 Å². The van der Waals surface area contributed by atoms with E-state index in [2.05, 4.69) is 147 Å². The number of nitrogens with zero attached hydrogens (tertiary/aromatic N) is 2. The molecule has 7 aromatic carbocycles. The monoisotopic (exact) mass is 626 g/mol. The third-order valence-electron chi connectivity index (χ3n) is 10.1. The first-order valence-corrected chi connectivity index (χ1v) is 16.9. The average molecular weight is 627 g/mol. The fourth-order valence-corrected chi connectivity index (χ4v) is 7.65. The van der Waals surface area contributed by atoms with Crippen LogP contribution in [0.5, 0.6) is 0 Å². The van der Waals surface area contributed by atoms with E-state index >= 15 is 0 Å². The molecule has 0 radical (unpaired) electrons. The maximum absolute atomic E-state index is 5.03. The molecule has 0 amide bonds. The Kier molecular flexibility index (Phi) is 6.84. The van der Waals surface area contributed by atoms with Crippen LogP contribution in [0.4, 0.5) is 0 Å². The van der Waals surface area contributed by atoms with Crippen LogP contribution in [0.1, 0.15) is 25.0 Å². The minimum Gasteiger partial charge on any atom is -0.228 e. The van der Waals surface area contributed by atoms with Crippen molar-refractivity contribution in [3.63, 3.8) is 0 Å². The third kappa shape index (κ3) is 4.96. The van der Waals surface area contributed by atoms with Crippen LogP contribution in [0.25, 0.3) is 78.1 Å². The summed E-state index contributed by atoms with van der Waals surface area (Å²) >= 11 is 0. The smallest absolute Gasteiger partial charge is 0.160 e. The molecule has 2 nitrogen and oxygen atoms in total. The molecule has 1 heterocycles. The second-order valence-corrected chi connectivity index (χ2v) is 13.4. The van der Waals surface area contributed by atoms with Gasteiger partial charge in [0.25, 0.3) is 0 Å². The number of fused-ring (bicyclic) bond motifs is 5. The van der Waals surface area contributed by atoms with Crippen molar-refractivity contribution in [1.29, 1.82) is 0 Å². The van der Waals surface area contributed by atoms with Gasteiger partial charge in [0.15, 0.2) is 5.82 Å². The minimum absolute atomic E-state index is 0.0881. The molecule has 0 aliphatic heterocycles. The molecule has 0 atom stereocenters. The molecule has 0 spiro atoms. The highest BCUT2D eigenvalue weighted by atomic mass is 14.9. The number of hydrogen-bond donors (Lipinski definition) is 0. The van der Waals surface area contributed by atoms with Gasteiger partial charge >= 0.3 is 0 Å². The van der Waals surface area contributed by atoms with E-state index in [-0.39, 0.29) is 5.41 Å². The molecular weight excluding hydrogens is 593 g/mol. The van der Waals surface area contributed by atoms with Crippen LogP contribution in [-0.2, 0) is 5.41 Å². The van der Waals surface area contributed by atoms with Gasteiger partial charge in [-0.3, -0.25) is 0 Å². The highest BCUT2D eigenvalue weighted by Crippen LogP contribution is 2.54. The highest BCUT2D eigenvalue weighted by Gasteiger charge is 2.38. The van der Waals surface area contributed by atoms with Gasteiger partial charge in [0, 0.05) is 22.1 Å². The first-order chi connectivity index (χ1) is 24.0. The molecule has 0 saturated carbocycles. The Hall–Kier alpha value is -6.12. The van der Waals surface area contributed by atoms with Crippen LogP contribution in [0.3, 0.4) is 0 Å². The van der Waals surface area contributed by atoms with Gasteiger partial charge in [0.05, 0.1) is 11.4 Å². The summed E-state index contributed by atoms with van der Waals surface area (Å²) in [7, 11) is 0. The SMILES string of the molecule is CC1(C)c2ccccc2-c2c(-c3cccc(-c4ccc(-c5nc(-c6ccccc6)cc(-c6ccccc6)n5)cc4)c3)cc3ccccc3c21. The van der Waals surface area contributed by atoms with E-state index in [1.54, 1.807) is 0 Å². The third-order valence-corrected chi connectivity index (χ3v) is 10.1. The zero-order valence-corrected chi connectivity index (χ0v) is 27.6. The maximum Gasteiger partial charge on any atom is 0.160 e. The molecular formula is C47H34N2. The van der Waals surface area contributed by atoms with Gasteiger partial charge < -0.3 is 0 Å². The van der Waals surface area contributed by atoms with Crippen molar-refractivity contribution in [2.75, 3.05) is 0 Å². The quantitative estimate of drug-likeness (QED) is 0.190. The van der Waals surface area contributed by atoms with E-state index in [0.717, 1.165) is 33.6 Å². The number of aromatic nitrogens is 2. The van der Waals surface area contributed by atoms with Gasteiger partial charge in [-0.2, -0.15) is 0 Å². The fraction of sp³-hybridized carbons (Fsp3) is 0.0638. The molecule has 232 valence electrons. The summed E-state index contributed by atoms with van der Waals surface area (Å²) in [6.07, 6.45) is 0. The molecule has 8 aromatic rings. The molecule has 0 saturated heterocycles. The molecule has 0 N–H and O–H groups in total. The van der Waals surface area contributed by atoms with Gasteiger partial charge in [0.2, 0.25) is 0 Å². The fourth-order valence-electron chi connectivity index (χ4n) is 7.65. The molecule has 1 aliphatic carbocycles. The highest BCUT2D eigenvalue weighted by molar-refractivity contribution is 6.05. The van der Waals surface area contributed by atoms with Crippen molar-refractivity contribution in [1.82, 2.24) is 9.97 Å². The van der Waals surface area contributed by atoms with E-state index in [1.807, 2.05) is 36.4 Å². The average Bonchev–Trinajstić information content (AvgIpc) is 3.42. The molecule has 0 bridgehead atoms. The minimum atomic E-state index is -0.0881. The van der Waals surface area contributed by atoms with Gasteiger partial charge in [-0.1, -0.05) is 166 Å². The summed E-state index contributed by atoms with van der Waals surface area (Å²) in [5.74, 6) is 0.716. The standard InChI is InChI=1S/C47H34N2/c1-47(2)41-23-12-11-22-39(41)44-40(29-37-18-9-10-21-38(37)45(44)47)36-20-13-19-35(28-36)31-24-26-34(27-25-31)46-48-42(32-14-5-3-6-15-32)30-43(49-46)33-16-7-4-8-17-33/h3-30H,1-2H3. The van der Waals surface area contributed by atoms with Crippen LogP contribution in [0.2, 0.25) is 0 Å².